The van der Waals surface area contributed by atoms with Gasteiger partial charge in [-0.25, -0.2) is 4.57 Å². The van der Waals surface area contributed by atoms with Crippen molar-refractivity contribution in [1.29, 1.82) is 0 Å². The van der Waals surface area contributed by atoms with Crippen LogP contribution in [0.3, 0.4) is 0 Å². The quantitative estimate of drug-likeness (QED) is 0.157. The van der Waals surface area contributed by atoms with Crippen molar-refractivity contribution in [2.45, 2.75) is 117 Å². The molecule has 0 amide bonds. The Labute approximate surface area is 275 Å². The molecule has 3 heteroatoms. The summed E-state index contributed by atoms with van der Waals surface area (Å²) in [5.74, 6) is 1.89. The summed E-state index contributed by atoms with van der Waals surface area (Å²) in [4.78, 5) is 0. The summed E-state index contributed by atoms with van der Waals surface area (Å²) in [7, 11) is 0. The highest BCUT2D eigenvalue weighted by Crippen LogP contribution is 2.52. The van der Waals surface area contributed by atoms with E-state index in [1.165, 1.54) is 74.0 Å². The summed E-state index contributed by atoms with van der Waals surface area (Å²) in [6.45, 7) is 21.4. The average Bonchev–Trinajstić information content (AvgIpc) is 3.61. The van der Waals surface area contributed by atoms with Gasteiger partial charge in [-0.1, -0.05) is 98.2 Å². The van der Waals surface area contributed by atoms with Crippen LogP contribution in [0.5, 0.6) is 0 Å². The number of benzene rings is 4. The molecule has 2 atom stereocenters. The number of unbranched alkanes of at least 4 members (excludes halogenated alkanes) is 1. The first-order valence-corrected chi connectivity index (χ1v) is 17.8. The second-order valence-electron chi connectivity index (χ2n) is 14.8. The molecule has 46 heavy (non-hydrogen) atoms. The van der Waals surface area contributed by atoms with Gasteiger partial charge < -0.3 is 4.42 Å². The van der Waals surface area contributed by atoms with E-state index >= 15 is 0 Å². The van der Waals surface area contributed by atoms with Crippen LogP contribution in [0, 0.1) is 0 Å². The molecule has 7 rings (SSSR count). The second kappa shape index (κ2) is 11.1. The summed E-state index contributed by atoms with van der Waals surface area (Å²) in [5, 5.41) is 2.53. The Bertz CT molecular complexity index is 2110. The molecule has 0 bridgehead atoms. The highest BCUT2D eigenvalue weighted by Gasteiger charge is 2.56. The first kappa shape index (κ1) is 30.8. The number of rotatable bonds is 8. The van der Waals surface area contributed by atoms with Gasteiger partial charge in [-0.15, -0.1) is 0 Å². The van der Waals surface area contributed by atoms with Gasteiger partial charge in [-0.2, -0.15) is 4.57 Å². The highest BCUT2D eigenvalue weighted by atomic mass is 16.3. The number of aryl methyl sites for hydroxylation is 1. The third-order valence-corrected chi connectivity index (χ3v) is 11.7. The van der Waals surface area contributed by atoms with E-state index in [9.17, 15) is 0 Å². The van der Waals surface area contributed by atoms with E-state index in [2.05, 4.69) is 144 Å². The van der Waals surface area contributed by atoms with Gasteiger partial charge in [0.15, 0.2) is 11.0 Å². The molecule has 0 aliphatic carbocycles. The summed E-state index contributed by atoms with van der Waals surface area (Å²) in [5.41, 5.74) is 12.7. The van der Waals surface area contributed by atoms with Crippen LogP contribution in [0.25, 0.3) is 50.0 Å². The van der Waals surface area contributed by atoms with E-state index in [1.54, 1.807) is 0 Å². The molecule has 1 aliphatic rings. The number of hydrogen-bond donors (Lipinski definition) is 0. The molecule has 6 aromatic rings. The zero-order chi connectivity index (χ0) is 32.5. The zero-order valence-corrected chi connectivity index (χ0v) is 29.4. The van der Waals surface area contributed by atoms with E-state index in [4.69, 9.17) is 4.42 Å². The number of nitrogens with zero attached hydrogens (tertiary/aromatic N) is 2. The van der Waals surface area contributed by atoms with E-state index in [0.717, 1.165) is 30.4 Å². The molecule has 2 unspecified atom stereocenters. The molecule has 0 spiro atoms. The lowest BCUT2D eigenvalue weighted by Crippen LogP contribution is -2.67. The fourth-order valence-electron chi connectivity index (χ4n) is 8.77. The van der Waals surface area contributed by atoms with Gasteiger partial charge in [0.05, 0.1) is 5.56 Å². The number of hydrogen-bond acceptors (Lipinski definition) is 1. The normalized spacial score (nSPS) is 19.5. The first-order valence-electron chi connectivity index (χ1n) is 17.8. The maximum Gasteiger partial charge on any atom is 0.295 e. The van der Waals surface area contributed by atoms with Crippen molar-refractivity contribution in [1.82, 2.24) is 4.57 Å². The number of para-hydroxylation sites is 2. The molecule has 0 N–H and O–H groups in total. The first-order chi connectivity index (χ1) is 22.1. The van der Waals surface area contributed by atoms with Gasteiger partial charge in [-0.05, 0) is 92.0 Å². The molecule has 4 aromatic carbocycles. The van der Waals surface area contributed by atoms with Crippen molar-refractivity contribution in [3.8, 4) is 17.1 Å². The number of fused-ring (bicyclic) bond motifs is 8. The Kier molecular flexibility index (Phi) is 7.46. The van der Waals surface area contributed by atoms with Gasteiger partial charge in [0, 0.05) is 27.3 Å². The third-order valence-electron chi connectivity index (χ3n) is 11.7. The van der Waals surface area contributed by atoms with Gasteiger partial charge in [-0.3, -0.25) is 0 Å². The molecule has 2 aromatic heterocycles. The number of imidazole rings is 1. The minimum atomic E-state index is -0.118. The molecule has 1 aliphatic heterocycles. The molecule has 0 saturated heterocycles. The number of aromatic nitrogens is 2. The Morgan fingerprint density at radius 3 is 2.24 bits per heavy atom. The van der Waals surface area contributed by atoms with Crippen molar-refractivity contribution >= 4 is 33.0 Å². The van der Waals surface area contributed by atoms with Gasteiger partial charge in [0.2, 0.25) is 0 Å². The fraction of sp³-hybridized carbons (Fsp3) is 0.419. The predicted octanol–water partition coefficient (Wildman–Crippen LogP) is 11.9. The lowest BCUT2D eigenvalue weighted by Gasteiger charge is -2.47. The molecule has 3 heterocycles. The third kappa shape index (κ3) is 4.12. The van der Waals surface area contributed by atoms with Gasteiger partial charge >= 0.3 is 0 Å². The predicted molar refractivity (Wildman–Crippen MR) is 195 cm³/mol. The lowest BCUT2D eigenvalue weighted by atomic mass is 9.61. The van der Waals surface area contributed by atoms with Crippen molar-refractivity contribution in [2.24, 2.45) is 0 Å². The summed E-state index contributed by atoms with van der Waals surface area (Å²) < 4.78 is 12.1. The average molecular weight is 612 g/mol. The zero-order valence-electron chi connectivity index (χ0n) is 29.4. The van der Waals surface area contributed by atoms with Crippen molar-refractivity contribution in [3.05, 3.63) is 95.1 Å². The van der Waals surface area contributed by atoms with Crippen LogP contribution in [0.2, 0.25) is 0 Å². The summed E-state index contributed by atoms with van der Waals surface area (Å²) in [6.07, 6.45) is 5.61. The van der Waals surface area contributed by atoms with E-state index in [-0.39, 0.29) is 16.9 Å². The molecule has 238 valence electrons. The maximum absolute atomic E-state index is 6.70. The summed E-state index contributed by atoms with van der Waals surface area (Å²) >= 11 is 0. The molecule has 0 radical (unpaired) electrons. The van der Waals surface area contributed by atoms with E-state index in [0.29, 0.717) is 5.92 Å². The second-order valence-corrected chi connectivity index (χ2v) is 14.8. The van der Waals surface area contributed by atoms with Gasteiger partial charge in [0.1, 0.15) is 22.4 Å². The van der Waals surface area contributed by atoms with Crippen molar-refractivity contribution < 1.29 is 8.98 Å². The van der Waals surface area contributed by atoms with Crippen LogP contribution in [-0.2, 0) is 17.4 Å². The van der Waals surface area contributed by atoms with Crippen LogP contribution < -0.4 is 4.57 Å². The van der Waals surface area contributed by atoms with Crippen molar-refractivity contribution in [2.75, 3.05) is 0 Å². The largest absolute Gasteiger partial charge is 0.456 e. The summed E-state index contributed by atoms with van der Waals surface area (Å²) in [6, 6.07) is 27.6. The topological polar surface area (TPSA) is 21.9 Å². The Balaban J connectivity index is 1.70. The van der Waals surface area contributed by atoms with E-state index in [1.807, 2.05) is 0 Å². The van der Waals surface area contributed by atoms with Crippen LogP contribution in [0.4, 0.5) is 0 Å². The lowest BCUT2D eigenvalue weighted by molar-refractivity contribution is -0.743. The molecular formula is C43H51N2O+. The van der Waals surface area contributed by atoms with Crippen molar-refractivity contribution in [3.63, 3.8) is 0 Å². The Morgan fingerprint density at radius 2 is 1.54 bits per heavy atom. The Morgan fingerprint density at radius 1 is 0.804 bits per heavy atom. The van der Waals surface area contributed by atoms with Crippen LogP contribution in [-0.4, -0.2) is 4.57 Å². The molecule has 0 saturated carbocycles. The fourth-order valence-corrected chi connectivity index (χ4v) is 8.77. The smallest absolute Gasteiger partial charge is 0.295 e. The minimum Gasteiger partial charge on any atom is -0.456 e. The van der Waals surface area contributed by atoms with Gasteiger partial charge in [0.25, 0.3) is 5.82 Å². The molecule has 0 fully saturated rings. The van der Waals surface area contributed by atoms with Crippen LogP contribution in [0.15, 0.2) is 77.2 Å². The standard InChI is InChI=1S/C43H51N2O/c1-10-13-18-29-23-24-36-32(25-29)39-37(46-36)26-31(27(4)5)40(38(39)28(6)7)44-34-21-16-17-22-35(34)45-41(44)30-19-14-15-20-33(30)42(8,11-2)43(45,9)12-3/h14-17,19-28H,10-13,18H2,1-9H3/q+1. The van der Waals surface area contributed by atoms with E-state index < -0.39 is 0 Å². The maximum atomic E-state index is 6.70. The number of furan rings is 1. The highest BCUT2D eigenvalue weighted by molar-refractivity contribution is 6.09. The van der Waals surface area contributed by atoms with Crippen LogP contribution in [0.1, 0.15) is 122 Å². The minimum absolute atomic E-state index is 0.0215. The SMILES string of the molecule is CCCCc1ccc2oc3cc(C(C)C)c(-n4c5[n+](c6ccccc64)C(C)(CC)C(C)(CC)c4ccccc4-5)c(C(C)C)c3c2c1. The Hall–Kier alpha value is -3.85. The molecule has 3 nitrogen and oxygen atoms in total. The monoisotopic (exact) mass is 611 g/mol. The van der Waals surface area contributed by atoms with Crippen LogP contribution >= 0.6 is 0 Å². The molecular weight excluding hydrogens is 560 g/mol.